The van der Waals surface area contributed by atoms with Crippen LogP contribution >= 0.6 is 11.3 Å². The first-order valence-electron chi connectivity index (χ1n) is 5.00. The fourth-order valence-corrected chi connectivity index (χ4v) is 2.00. The first-order valence-corrected chi connectivity index (χ1v) is 5.81. The van der Waals surface area contributed by atoms with Gasteiger partial charge in [0.05, 0.1) is 0 Å². The molecule has 1 aromatic heterocycles. The van der Waals surface area contributed by atoms with E-state index < -0.39 is 0 Å². The number of nitriles is 1. The lowest BCUT2D eigenvalue weighted by Gasteiger charge is -2.00. The van der Waals surface area contributed by atoms with Gasteiger partial charge in [-0.3, -0.25) is 0 Å². The van der Waals surface area contributed by atoms with E-state index in [1.165, 1.54) is 4.88 Å². The zero-order chi connectivity index (χ0) is 10.9. The van der Waals surface area contributed by atoms with Gasteiger partial charge in [-0.1, -0.05) is 0 Å². The lowest BCUT2D eigenvalue weighted by Crippen LogP contribution is -2.13. The van der Waals surface area contributed by atoms with Crippen molar-refractivity contribution in [3.63, 3.8) is 0 Å². The molecule has 15 heavy (non-hydrogen) atoms. The van der Waals surface area contributed by atoms with Crippen molar-refractivity contribution in [1.82, 2.24) is 5.32 Å². The second kappa shape index (κ2) is 7.06. The first kappa shape index (κ1) is 11.8. The summed E-state index contributed by atoms with van der Waals surface area (Å²) in [6.07, 6.45) is 8.21. The van der Waals surface area contributed by atoms with Gasteiger partial charge >= 0.3 is 0 Å². The smallest absolute Gasteiger partial charge is 0.110 e. The summed E-state index contributed by atoms with van der Waals surface area (Å²) in [6.45, 7) is 1.84. The Morgan fingerprint density at radius 1 is 1.40 bits per heavy atom. The van der Waals surface area contributed by atoms with Gasteiger partial charge in [-0.2, -0.15) is 5.26 Å². The molecule has 0 saturated heterocycles. The van der Waals surface area contributed by atoms with E-state index in [1.807, 2.05) is 12.1 Å². The Morgan fingerprint density at radius 3 is 2.93 bits per heavy atom. The maximum atomic E-state index is 8.64. The van der Waals surface area contributed by atoms with Crippen molar-refractivity contribution >= 4 is 11.3 Å². The normalized spacial score (nSPS) is 9.47. The second-order valence-corrected chi connectivity index (χ2v) is 4.38. The van der Waals surface area contributed by atoms with E-state index in [1.54, 1.807) is 11.3 Å². The summed E-state index contributed by atoms with van der Waals surface area (Å²) in [5.74, 6) is 2.63. The fraction of sp³-hybridized carbons (Fsp3) is 0.417. The Bertz CT molecular complexity index is 368. The number of terminal acetylenes is 1. The van der Waals surface area contributed by atoms with E-state index in [0.29, 0.717) is 0 Å². The summed E-state index contributed by atoms with van der Waals surface area (Å²) in [5, 5.41) is 12.0. The minimum atomic E-state index is 0.777. The molecule has 0 aliphatic rings. The van der Waals surface area contributed by atoms with Crippen LogP contribution in [0.5, 0.6) is 0 Å². The van der Waals surface area contributed by atoms with Gasteiger partial charge in [-0.05, 0) is 31.5 Å². The van der Waals surface area contributed by atoms with Crippen molar-refractivity contribution in [1.29, 1.82) is 5.26 Å². The highest BCUT2D eigenvalue weighted by atomic mass is 32.1. The van der Waals surface area contributed by atoms with Gasteiger partial charge in [0, 0.05) is 17.8 Å². The molecule has 3 heteroatoms. The highest BCUT2D eigenvalue weighted by Crippen LogP contribution is 2.14. The quantitative estimate of drug-likeness (QED) is 0.588. The third-order valence-electron chi connectivity index (χ3n) is 2.00. The summed E-state index contributed by atoms with van der Waals surface area (Å²) in [5.41, 5.74) is 0. The van der Waals surface area contributed by atoms with Crippen molar-refractivity contribution in [2.45, 2.75) is 25.8 Å². The average Bonchev–Trinajstić information content (AvgIpc) is 2.71. The third kappa shape index (κ3) is 4.65. The minimum absolute atomic E-state index is 0.777. The second-order valence-electron chi connectivity index (χ2n) is 3.22. The fourth-order valence-electron chi connectivity index (χ4n) is 1.22. The molecule has 0 aliphatic heterocycles. The molecule has 0 aromatic carbocycles. The molecule has 0 aliphatic carbocycles. The molecule has 0 bridgehead atoms. The van der Waals surface area contributed by atoms with E-state index in [2.05, 4.69) is 17.3 Å². The number of hydrogen-bond acceptors (Lipinski definition) is 3. The van der Waals surface area contributed by atoms with Gasteiger partial charge in [0.2, 0.25) is 0 Å². The highest BCUT2D eigenvalue weighted by Gasteiger charge is 1.97. The van der Waals surface area contributed by atoms with E-state index in [4.69, 9.17) is 11.7 Å². The molecular formula is C12H14N2S. The number of nitrogens with one attached hydrogen (secondary N) is 1. The third-order valence-corrected chi connectivity index (χ3v) is 2.99. The lowest BCUT2D eigenvalue weighted by atomic mass is 10.2. The average molecular weight is 218 g/mol. The molecule has 0 amide bonds. The Kier molecular flexibility index (Phi) is 5.55. The summed E-state index contributed by atoms with van der Waals surface area (Å²) >= 11 is 1.55. The SMILES string of the molecule is C#CCCCCNCc1ccc(C#N)s1. The number of rotatable bonds is 6. The van der Waals surface area contributed by atoms with Crippen molar-refractivity contribution in [3.8, 4) is 18.4 Å². The zero-order valence-electron chi connectivity index (χ0n) is 8.62. The van der Waals surface area contributed by atoms with Gasteiger partial charge in [-0.25, -0.2) is 0 Å². The van der Waals surface area contributed by atoms with Crippen molar-refractivity contribution in [3.05, 3.63) is 21.9 Å². The molecule has 1 N–H and O–H groups in total. The lowest BCUT2D eigenvalue weighted by molar-refractivity contribution is 0.634. The predicted molar refractivity (Wildman–Crippen MR) is 63.4 cm³/mol. The van der Waals surface area contributed by atoms with E-state index in [0.717, 1.165) is 37.2 Å². The summed E-state index contributed by atoms with van der Waals surface area (Å²) in [6, 6.07) is 5.99. The maximum Gasteiger partial charge on any atom is 0.110 e. The largest absolute Gasteiger partial charge is 0.312 e. The highest BCUT2D eigenvalue weighted by molar-refractivity contribution is 7.12. The minimum Gasteiger partial charge on any atom is -0.312 e. The predicted octanol–water partition coefficient (Wildman–Crippen LogP) is 2.51. The zero-order valence-corrected chi connectivity index (χ0v) is 9.44. The molecule has 0 saturated carbocycles. The van der Waals surface area contributed by atoms with Crippen LogP contribution in [0.1, 0.15) is 29.0 Å². The van der Waals surface area contributed by atoms with Crippen LogP contribution in [-0.4, -0.2) is 6.54 Å². The monoisotopic (exact) mass is 218 g/mol. The topological polar surface area (TPSA) is 35.8 Å². The van der Waals surface area contributed by atoms with Crippen LogP contribution in [0, 0.1) is 23.7 Å². The van der Waals surface area contributed by atoms with Crippen LogP contribution < -0.4 is 5.32 Å². The number of thiophene rings is 1. The Balaban J connectivity index is 2.11. The van der Waals surface area contributed by atoms with Crippen LogP contribution in [-0.2, 0) is 6.54 Å². The van der Waals surface area contributed by atoms with Crippen LogP contribution in [0.4, 0.5) is 0 Å². The van der Waals surface area contributed by atoms with E-state index in [9.17, 15) is 0 Å². The number of hydrogen-bond donors (Lipinski definition) is 1. The van der Waals surface area contributed by atoms with E-state index >= 15 is 0 Å². The molecular weight excluding hydrogens is 204 g/mol. The summed E-state index contributed by atoms with van der Waals surface area (Å²) < 4.78 is 0. The molecule has 0 fully saturated rings. The maximum absolute atomic E-state index is 8.64. The standard InChI is InChI=1S/C12H14N2S/c1-2-3-4-5-8-14-10-12-7-6-11(9-13)15-12/h1,6-7,14H,3-5,8,10H2. The van der Waals surface area contributed by atoms with E-state index in [-0.39, 0.29) is 0 Å². The van der Waals surface area contributed by atoms with Gasteiger partial charge in [-0.15, -0.1) is 23.7 Å². The van der Waals surface area contributed by atoms with Crippen LogP contribution in [0.25, 0.3) is 0 Å². The molecule has 0 atom stereocenters. The molecule has 0 radical (unpaired) electrons. The van der Waals surface area contributed by atoms with Gasteiger partial charge in [0.25, 0.3) is 0 Å². The molecule has 1 heterocycles. The van der Waals surface area contributed by atoms with Crippen molar-refractivity contribution < 1.29 is 0 Å². The molecule has 0 spiro atoms. The van der Waals surface area contributed by atoms with Gasteiger partial charge < -0.3 is 5.32 Å². The number of unbranched alkanes of at least 4 members (excludes halogenated alkanes) is 2. The Hall–Kier alpha value is -1.29. The van der Waals surface area contributed by atoms with Crippen LogP contribution in [0.3, 0.4) is 0 Å². The summed E-state index contributed by atoms with van der Waals surface area (Å²) in [4.78, 5) is 1.99. The first-order chi connectivity index (χ1) is 7.36. The summed E-state index contributed by atoms with van der Waals surface area (Å²) in [7, 11) is 0. The van der Waals surface area contributed by atoms with Crippen LogP contribution in [0.15, 0.2) is 12.1 Å². The van der Waals surface area contributed by atoms with Gasteiger partial charge in [0.15, 0.2) is 0 Å². The molecule has 1 rings (SSSR count). The molecule has 78 valence electrons. The van der Waals surface area contributed by atoms with Crippen molar-refractivity contribution in [2.75, 3.05) is 6.54 Å². The molecule has 0 unspecified atom stereocenters. The number of nitrogens with zero attached hydrogens (tertiary/aromatic N) is 1. The Labute approximate surface area is 94.9 Å². The Morgan fingerprint density at radius 2 is 2.27 bits per heavy atom. The van der Waals surface area contributed by atoms with Gasteiger partial charge in [0.1, 0.15) is 10.9 Å². The van der Waals surface area contributed by atoms with Crippen LogP contribution in [0.2, 0.25) is 0 Å². The molecule has 2 nitrogen and oxygen atoms in total. The van der Waals surface area contributed by atoms with Crippen molar-refractivity contribution in [2.24, 2.45) is 0 Å². The molecule has 1 aromatic rings.